The highest BCUT2D eigenvalue weighted by Crippen LogP contribution is 2.03. The number of amides is 1. The zero-order valence-corrected chi connectivity index (χ0v) is 9.00. The van der Waals surface area contributed by atoms with E-state index in [4.69, 9.17) is 22.0 Å². The van der Waals surface area contributed by atoms with E-state index in [9.17, 15) is 4.79 Å². The maximum absolute atomic E-state index is 11.5. The third-order valence-electron chi connectivity index (χ3n) is 1.73. The molecule has 0 spiro atoms. The van der Waals surface area contributed by atoms with Gasteiger partial charge in [0, 0.05) is 19.7 Å². The predicted molar refractivity (Wildman–Crippen MR) is 53.8 cm³/mol. The Bertz CT molecular complexity index is 213. The molecule has 0 fully saturated rings. The van der Waals surface area contributed by atoms with Gasteiger partial charge in [-0.3, -0.25) is 4.79 Å². The molecule has 1 amide bonds. The fourth-order valence-corrected chi connectivity index (χ4v) is 1.17. The Balaban J connectivity index is 4.09. The Morgan fingerprint density at radius 2 is 2.29 bits per heavy atom. The van der Waals surface area contributed by atoms with Crippen molar-refractivity contribution in [2.24, 2.45) is 0 Å². The van der Waals surface area contributed by atoms with Gasteiger partial charge in [0.15, 0.2) is 0 Å². The van der Waals surface area contributed by atoms with E-state index in [2.05, 4.69) is 0 Å². The van der Waals surface area contributed by atoms with E-state index in [1.54, 1.807) is 6.92 Å². The third kappa shape index (κ3) is 5.05. The summed E-state index contributed by atoms with van der Waals surface area (Å²) in [6, 6.07) is 1.97. The summed E-state index contributed by atoms with van der Waals surface area (Å²) in [6.07, 6.45) is 0.807. The van der Waals surface area contributed by atoms with Crippen LogP contribution in [0.25, 0.3) is 0 Å². The van der Waals surface area contributed by atoms with Crippen molar-refractivity contribution < 1.29 is 9.90 Å². The zero-order valence-electron chi connectivity index (χ0n) is 8.24. The van der Waals surface area contributed by atoms with Gasteiger partial charge >= 0.3 is 0 Å². The molecule has 0 radical (unpaired) electrons. The van der Waals surface area contributed by atoms with Gasteiger partial charge in [-0.25, -0.2) is 0 Å². The van der Waals surface area contributed by atoms with Crippen LogP contribution in [0.3, 0.4) is 0 Å². The third-order valence-corrected chi connectivity index (χ3v) is 1.92. The number of carbonyl (C=O) groups excluding carboxylic acids is 1. The monoisotopic (exact) mass is 218 g/mol. The second kappa shape index (κ2) is 7.60. The highest BCUT2D eigenvalue weighted by Gasteiger charge is 2.17. The summed E-state index contributed by atoms with van der Waals surface area (Å²) in [5.74, 6) is -0.185. The standard InChI is InChI=1S/C9H15ClN2O2/c1-8(10)9(14)12(5-2-4-11)6-3-7-13/h8,13H,2-3,5-7H2,1H3. The van der Waals surface area contributed by atoms with Crippen LogP contribution in [0.2, 0.25) is 0 Å². The molecule has 0 aliphatic carbocycles. The molecule has 5 heteroatoms. The van der Waals surface area contributed by atoms with Crippen LogP contribution in [0.15, 0.2) is 0 Å². The van der Waals surface area contributed by atoms with Crippen molar-refractivity contribution >= 4 is 17.5 Å². The Kier molecular flexibility index (Phi) is 7.17. The molecule has 1 unspecified atom stereocenters. The number of halogens is 1. The van der Waals surface area contributed by atoms with Gasteiger partial charge in [-0.15, -0.1) is 11.6 Å². The summed E-state index contributed by atoms with van der Waals surface area (Å²) in [6.45, 7) is 2.47. The second-order valence-electron chi connectivity index (χ2n) is 2.93. The highest BCUT2D eigenvalue weighted by molar-refractivity contribution is 6.30. The number of aliphatic hydroxyl groups is 1. The zero-order chi connectivity index (χ0) is 11.0. The molecule has 0 aromatic carbocycles. The average molecular weight is 219 g/mol. The first-order valence-corrected chi connectivity index (χ1v) is 4.97. The fraction of sp³-hybridized carbons (Fsp3) is 0.778. The van der Waals surface area contributed by atoms with Gasteiger partial charge in [-0.05, 0) is 13.3 Å². The van der Waals surface area contributed by atoms with Gasteiger partial charge in [0.2, 0.25) is 5.91 Å². The number of rotatable bonds is 6. The first-order valence-electron chi connectivity index (χ1n) is 4.54. The molecule has 0 saturated carbocycles. The van der Waals surface area contributed by atoms with Crippen molar-refractivity contribution in [2.75, 3.05) is 19.7 Å². The van der Waals surface area contributed by atoms with E-state index in [-0.39, 0.29) is 12.5 Å². The van der Waals surface area contributed by atoms with Crippen LogP contribution in [0, 0.1) is 11.3 Å². The molecule has 0 aliphatic heterocycles. The van der Waals surface area contributed by atoms with E-state index in [0.717, 1.165) is 0 Å². The number of nitrogens with zero attached hydrogens (tertiary/aromatic N) is 2. The topological polar surface area (TPSA) is 64.3 Å². The molecule has 0 saturated heterocycles. The molecular formula is C9H15ClN2O2. The van der Waals surface area contributed by atoms with Crippen molar-refractivity contribution in [2.45, 2.75) is 25.1 Å². The minimum atomic E-state index is -0.576. The summed E-state index contributed by atoms with van der Waals surface area (Å²) in [4.78, 5) is 13.0. The average Bonchev–Trinajstić information content (AvgIpc) is 2.17. The molecule has 1 N–H and O–H groups in total. The van der Waals surface area contributed by atoms with Gasteiger partial charge in [0.05, 0.1) is 12.5 Å². The van der Waals surface area contributed by atoms with Crippen LogP contribution < -0.4 is 0 Å². The summed E-state index contributed by atoms with van der Waals surface area (Å²) in [7, 11) is 0. The molecule has 1 atom stereocenters. The lowest BCUT2D eigenvalue weighted by Crippen LogP contribution is -2.37. The van der Waals surface area contributed by atoms with Gasteiger partial charge in [-0.1, -0.05) is 0 Å². The van der Waals surface area contributed by atoms with Gasteiger partial charge in [0.1, 0.15) is 5.38 Å². The van der Waals surface area contributed by atoms with E-state index in [1.165, 1.54) is 4.90 Å². The first kappa shape index (κ1) is 13.2. The van der Waals surface area contributed by atoms with E-state index in [1.807, 2.05) is 6.07 Å². The minimum absolute atomic E-state index is 0.0347. The molecule has 4 nitrogen and oxygen atoms in total. The van der Waals surface area contributed by atoms with E-state index in [0.29, 0.717) is 25.9 Å². The van der Waals surface area contributed by atoms with Crippen molar-refractivity contribution in [1.29, 1.82) is 5.26 Å². The van der Waals surface area contributed by atoms with Crippen LogP contribution in [0.4, 0.5) is 0 Å². The number of carbonyl (C=O) groups is 1. The molecule has 0 bridgehead atoms. The van der Waals surface area contributed by atoms with Gasteiger partial charge in [0.25, 0.3) is 0 Å². The van der Waals surface area contributed by atoms with E-state index < -0.39 is 5.38 Å². The molecule has 0 rings (SSSR count). The highest BCUT2D eigenvalue weighted by atomic mass is 35.5. The summed E-state index contributed by atoms with van der Waals surface area (Å²) in [5.41, 5.74) is 0. The SMILES string of the molecule is CC(Cl)C(=O)N(CCC#N)CCCO. The van der Waals surface area contributed by atoms with Crippen LogP contribution in [-0.2, 0) is 4.79 Å². The number of nitriles is 1. The number of hydrogen-bond acceptors (Lipinski definition) is 3. The Morgan fingerprint density at radius 1 is 1.64 bits per heavy atom. The first-order chi connectivity index (χ1) is 6.63. The van der Waals surface area contributed by atoms with Crippen molar-refractivity contribution in [3.63, 3.8) is 0 Å². The molecule has 14 heavy (non-hydrogen) atoms. The lowest BCUT2D eigenvalue weighted by Gasteiger charge is -2.22. The van der Waals surface area contributed by atoms with E-state index >= 15 is 0 Å². The Labute approximate surface area is 89.1 Å². The molecule has 0 heterocycles. The lowest BCUT2D eigenvalue weighted by molar-refractivity contribution is -0.130. The van der Waals surface area contributed by atoms with Gasteiger partial charge in [-0.2, -0.15) is 5.26 Å². The van der Waals surface area contributed by atoms with Gasteiger partial charge < -0.3 is 10.0 Å². The van der Waals surface area contributed by atoms with Crippen molar-refractivity contribution in [3.8, 4) is 6.07 Å². The van der Waals surface area contributed by atoms with Crippen LogP contribution in [-0.4, -0.2) is 41.0 Å². The molecule has 0 aromatic rings. The van der Waals surface area contributed by atoms with Crippen LogP contribution in [0.5, 0.6) is 0 Å². The lowest BCUT2D eigenvalue weighted by atomic mass is 10.3. The second-order valence-corrected chi connectivity index (χ2v) is 3.58. The maximum Gasteiger partial charge on any atom is 0.240 e. The number of hydrogen-bond donors (Lipinski definition) is 1. The quantitative estimate of drug-likeness (QED) is 0.669. The largest absolute Gasteiger partial charge is 0.396 e. The smallest absolute Gasteiger partial charge is 0.240 e. The molecule has 0 aromatic heterocycles. The maximum atomic E-state index is 11.5. The number of alkyl halides is 1. The minimum Gasteiger partial charge on any atom is -0.396 e. The summed E-state index contributed by atoms with van der Waals surface area (Å²) >= 11 is 5.64. The summed E-state index contributed by atoms with van der Waals surface area (Å²) < 4.78 is 0. The van der Waals surface area contributed by atoms with Crippen molar-refractivity contribution in [3.05, 3.63) is 0 Å². The van der Waals surface area contributed by atoms with Crippen molar-refractivity contribution in [1.82, 2.24) is 4.90 Å². The summed E-state index contributed by atoms with van der Waals surface area (Å²) in [5, 5.41) is 16.4. The normalized spacial score (nSPS) is 11.9. The molecule has 80 valence electrons. The Hall–Kier alpha value is -0.790. The fourth-order valence-electron chi connectivity index (χ4n) is 1.03. The predicted octanol–water partition coefficient (Wildman–Crippen LogP) is 0.738. The van der Waals surface area contributed by atoms with Crippen LogP contribution >= 0.6 is 11.6 Å². The number of aliphatic hydroxyl groups excluding tert-OH is 1. The Morgan fingerprint density at radius 3 is 2.71 bits per heavy atom. The molecular weight excluding hydrogens is 204 g/mol. The molecule has 0 aliphatic rings. The van der Waals surface area contributed by atoms with Crippen LogP contribution in [0.1, 0.15) is 19.8 Å².